The Morgan fingerprint density at radius 3 is 2.20 bits per heavy atom. The number of halogens is 4. The molecule has 0 aliphatic heterocycles. The van der Waals surface area contributed by atoms with E-state index in [9.17, 15) is 46.5 Å². The predicted molar refractivity (Wildman–Crippen MR) is 139 cm³/mol. The van der Waals surface area contributed by atoms with Gasteiger partial charge in [-0.2, -0.15) is 0 Å². The number of benzene rings is 2. The first-order valence-electron chi connectivity index (χ1n) is 12.8. The SMILES string of the molecule is C[C@@H](O)[C@H](O)C(=O)CCC1(O)C2CC[C@H]1CC(S(=O)(=O)c1cc(C(=O)Nc3cc(F)c(F)c(F)c3)ccc1Cl)C2. The summed E-state index contributed by atoms with van der Waals surface area (Å²) in [5.74, 6) is -7.09. The highest BCUT2D eigenvalue weighted by atomic mass is 35.5. The van der Waals surface area contributed by atoms with E-state index in [1.54, 1.807) is 0 Å². The summed E-state index contributed by atoms with van der Waals surface area (Å²) in [6, 6.07) is 4.67. The lowest BCUT2D eigenvalue weighted by molar-refractivity contribution is -0.135. The van der Waals surface area contributed by atoms with Crippen LogP contribution in [0.1, 0.15) is 55.8 Å². The molecular formula is C27H29ClF3NO7S. The highest BCUT2D eigenvalue weighted by Crippen LogP contribution is 2.54. The van der Waals surface area contributed by atoms with Gasteiger partial charge in [-0.3, -0.25) is 9.59 Å². The first kappa shape index (κ1) is 30.4. The molecule has 6 atom stereocenters. The van der Waals surface area contributed by atoms with Crippen LogP contribution in [0.25, 0.3) is 0 Å². The van der Waals surface area contributed by atoms with E-state index in [1.165, 1.54) is 19.1 Å². The van der Waals surface area contributed by atoms with Crippen LogP contribution in [-0.2, 0) is 14.6 Å². The van der Waals surface area contributed by atoms with E-state index in [-0.39, 0.29) is 46.9 Å². The van der Waals surface area contributed by atoms with E-state index in [4.69, 9.17) is 11.6 Å². The molecule has 0 heterocycles. The third kappa shape index (κ3) is 5.78. The lowest BCUT2D eigenvalue weighted by Crippen LogP contribution is -2.48. The number of hydrogen-bond donors (Lipinski definition) is 4. The van der Waals surface area contributed by atoms with Crippen LogP contribution in [0.15, 0.2) is 35.2 Å². The first-order valence-corrected chi connectivity index (χ1v) is 14.7. The molecule has 40 heavy (non-hydrogen) atoms. The summed E-state index contributed by atoms with van der Waals surface area (Å²) in [4.78, 5) is 24.6. The zero-order chi connectivity index (χ0) is 29.6. The minimum Gasteiger partial charge on any atom is -0.390 e. The van der Waals surface area contributed by atoms with Gasteiger partial charge in [0.2, 0.25) is 0 Å². The van der Waals surface area contributed by atoms with Crippen molar-refractivity contribution in [2.24, 2.45) is 11.8 Å². The molecule has 2 aliphatic carbocycles. The van der Waals surface area contributed by atoms with Crippen molar-refractivity contribution < 1.29 is 46.5 Å². The van der Waals surface area contributed by atoms with Crippen molar-refractivity contribution >= 4 is 38.8 Å². The summed E-state index contributed by atoms with van der Waals surface area (Å²) in [6.07, 6.45) is -1.70. The van der Waals surface area contributed by atoms with Crippen LogP contribution in [0.2, 0.25) is 5.02 Å². The van der Waals surface area contributed by atoms with Gasteiger partial charge in [-0.05, 0) is 69.1 Å². The Bertz CT molecular complexity index is 1400. The molecule has 4 N–H and O–H groups in total. The number of hydrogen-bond acceptors (Lipinski definition) is 7. The Labute approximate surface area is 234 Å². The zero-order valence-corrected chi connectivity index (χ0v) is 23.0. The molecule has 0 radical (unpaired) electrons. The molecule has 2 aromatic carbocycles. The molecule has 0 spiro atoms. The Balaban J connectivity index is 1.51. The van der Waals surface area contributed by atoms with Gasteiger partial charge in [-0.25, -0.2) is 21.6 Å². The van der Waals surface area contributed by atoms with Gasteiger partial charge in [0.05, 0.1) is 26.9 Å². The first-order chi connectivity index (χ1) is 18.6. The van der Waals surface area contributed by atoms with Gasteiger partial charge >= 0.3 is 0 Å². The van der Waals surface area contributed by atoms with Crippen molar-refractivity contribution in [3.05, 3.63) is 58.4 Å². The second kappa shape index (κ2) is 11.4. The van der Waals surface area contributed by atoms with Gasteiger partial charge in [0.25, 0.3) is 5.91 Å². The topological polar surface area (TPSA) is 141 Å². The van der Waals surface area contributed by atoms with Crippen molar-refractivity contribution in [2.75, 3.05) is 5.32 Å². The Kier molecular flexibility index (Phi) is 8.68. The number of Topliss-reactive ketones (excluding diaryl/α,β-unsaturated/α-hetero) is 1. The number of fused-ring (bicyclic) bond motifs is 2. The van der Waals surface area contributed by atoms with Gasteiger partial charge in [-0.15, -0.1) is 0 Å². The third-order valence-electron chi connectivity index (χ3n) is 8.11. The monoisotopic (exact) mass is 603 g/mol. The van der Waals surface area contributed by atoms with E-state index in [0.717, 1.165) is 6.07 Å². The fourth-order valence-corrected chi connectivity index (χ4v) is 8.29. The maximum Gasteiger partial charge on any atom is 0.255 e. The normalized spacial score (nSPS) is 25.9. The molecule has 2 aliphatic rings. The average Bonchev–Trinajstić information content (AvgIpc) is 3.05. The van der Waals surface area contributed by atoms with Crippen molar-refractivity contribution in [3.8, 4) is 0 Å². The highest BCUT2D eigenvalue weighted by molar-refractivity contribution is 7.92. The fourth-order valence-electron chi connectivity index (χ4n) is 5.89. The molecule has 0 aromatic heterocycles. The summed E-state index contributed by atoms with van der Waals surface area (Å²) in [6.45, 7) is 1.28. The van der Waals surface area contributed by atoms with Gasteiger partial charge in [0.1, 0.15) is 6.10 Å². The molecule has 13 heteroatoms. The molecule has 8 nitrogen and oxygen atoms in total. The van der Waals surface area contributed by atoms with Gasteiger partial charge < -0.3 is 20.6 Å². The van der Waals surface area contributed by atoms with E-state index in [1.807, 2.05) is 0 Å². The van der Waals surface area contributed by atoms with Gasteiger partial charge in [0, 0.05) is 29.8 Å². The smallest absolute Gasteiger partial charge is 0.255 e. The summed E-state index contributed by atoms with van der Waals surface area (Å²) >= 11 is 6.23. The maximum absolute atomic E-state index is 13.7. The molecular weight excluding hydrogens is 575 g/mol. The number of aliphatic hydroxyl groups is 3. The molecule has 4 rings (SSSR count). The predicted octanol–water partition coefficient (Wildman–Crippen LogP) is 3.79. The minimum absolute atomic E-state index is 0.0265. The van der Waals surface area contributed by atoms with Crippen molar-refractivity contribution in [1.29, 1.82) is 0 Å². The van der Waals surface area contributed by atoms with E-state index in [0.29, 0.717) is 25.0 Å². The number of aliphatic hydroxyl groups excluding tert-OH is 2. The number of nitrogens with one attached hydrogen (secondary N) is 1. The molecule has 2 bridgehead atoms. The van der Waals surface area contributed by atoms with Crippen LogP contribution < -0.4 is 5.32 Å². The molecule has 1 amide bonds. The molecule has 2 aromatic rings. The van der Waals surface area contributed by atoms with Crippen LogP contribution in [-0.4, -0.2) is 58.5 Å². The lowest BCUT2D eigenvalue weighted by Gasteiger charge is -2.42. The van der Waals surface area contributed by atoms with Crippen LogP contribution in [0, 0.1) is 29.3 Å². The minimum atomic E-state index is -4.11. The Morgan fingerprint density at radius 1 is 1.07 bits per heavy atom. The number of amides is 1. The Hall–Kier alpha value is -2.51. The van der Waals surface area contributed by atoms with Crippen molar-refractivity contribution in [3.63, 3.8) is 0 Å². The summed E-state index contributed by atoms with van der Waals surface area (Å²) in [7, 11) is -4.11. The molecule has 3 unspecified atom stereocenters. The maximum atomic E-state index is 13.7. The third-order valence-corrected chi connectivity index (χ3v) is 10.8. The fraction of sp³-hybridized carbons (Fsp3) is 0.481. The summed E-state index contributed by atoms with van der Waals surface area (Å²) in [5, 5.41) is 31.8. The van der Waals surface area contributed by atoms with Crippen LogP contribution in [0.4, 0.5) is 18.9 Å². The van der Waals surface area contributed by atoms with Crippen LogP contribution in [0.3, 0.4) is 0 Å². The van der Waals surface area contributed by atoms with Crippen LogP contribution in [0.5, 0.6) is 0 Å². The Morgan fingerprint density at radius 2 is 1.65 bits per heavy atom. The quantitative estimate of drug-likeness (QED) is 0.320. The molecule has 0 saturated heterocycles. The number of sulfone groups is 1. The van der Waals surface area contributed by atoms with Gasteiger partial charge in [-0.1, -0.05) is 11.6 Å². The van der Waals surface area contributed by atoms with Gasteiger partial charge in [0.15, 0.2) is 33.1 Å². The number of anilines is 1. The molecule has 218 valence electrons. The number of ketones is 1. The molecule has 2 fully saturated rings. The van der Waals surface area contributed by atoms with Crippen molar-refractivity contribution in [1.82, 2.24) is 0 Å². The summed E-state index contributed by atoms with van der Waals surface area (Å²) < 4.78 is 67.6. The molecule has 2 saturated carbocycles. The lowest BCUT2D eigenvalue weighted by atomic mass is 9.71. The standard InChI is InChI=1S/C27H29ClF3NO7S/c1-13(33)25(35)22(34)6-7-27(37)15-3-4-16(27)10-18(9-15)40(38,39)23-8-14(2-5-19(23)28)26(36)32-17-11-20(29)24(31)21(30)12-17/h2,5,8,11-13,15-16,18,25,33,35,37H,3-4,6-7,9-10H2,1H3,(H,32,36)/t13-,15+,16?,18?,25+,27?/m1/s1. The zero-order valence-electron chi connectivity index (χ0n) is 21.4. The number of carbonyl (C=O) groups is 2. The van der Waals surface area contributed by atoms with E-state index < -0.39 is 73.9 Å². The largest absolute Gasteiger partial charge is 0.390 e. The van der Waals surface area contributed by atoms with E-state index in [2.05, 4.69) is 5.32 Å². The van der Waals surface area contributed by atoms with Crippen LogP contribution >= 0.6 is 11.6 Å². The number of rotatable bonds is 9. The highest BCUT2D eigenvalue weighted by Gasteiger charge is 2.55. The average molecular weight is 604 g/mol. The second-order valence-corrected chi connectivity index (χ2v) is 13.2. The number of carbonyl (C=O) groups excluding carboxylic acids is 2. The summed E-state index contributed by atoms with van der Waals surface area (Å²) in [5.41, 5.74) is -1.84. The van der Waals surface area contributed by atoms with Crippen molar-refractivity contribution in [2.45, 2.75) is 73.4 Å². The second-order valence-electron chi connectivity index (χ2n) is 10.6. The van der Waals surface area contributed by atoms with E-state index >= 15 is 0 Å².